The Morgan fingerprint density at radius 2 is 2.14 bits per heavy atom. The van der Waals surface area contributed by atoms with Crippen LogP contribution in [0.25, 0.3) is 0 Å². The van der Waals surface area contributed by atoms with Crippen molar-refractivity contribution >= 4 is 29.1 Å². The summed E-state index contributed by atoms with van der Waals surface area (Å²) in [7, 11) is 0. The van der Waals surface area contributed by atoms with Crippen LogP contribution in [0.4, 0.5) is 0 Å². The largest absolute Gasteiger partial charge is 0.349 e. The van der Waals surface area contributed by atoms with Gasteiger partial charge in [-0.2, -0.15) is 0 Å². The van der Waals surface area contributed by atoms with Gasteiger partial charge >= 0.3 is 0 Å². The van der Waals surface area contributed by atoms with Gasteiger partial charge in [0.15, 0.2) is 0 Å². The lowest BCUT2D eigenvalue weighted by molar-refractivity contribution is -0.119. The zero-order valence-electron chi connectivity index (χ0n) is 7.39. The molecule has 2 nitrogen and oxygen atoms in total. The van der Waals surface area contributed by atoms with Gasteiger partial charge in [0.05, 0.1) is 6.04 Å². The van der Waals surface area contributed by atoms with E-state index in [2.05, 4.69) is 5.32 Å². The first-order chi connectivity index (χ1) is 6.66. The fourth-order valence-corrected chi connectivity index (χ4v) is 2.06. The topological polar surface area (TPSA) is 29.1 Å². The van der Waals surface area contributed by atoms with E-state index in [0.717, 1.165) is 12.0 Å². The van der Waals surface area contributed by atoms with Crippen molar-refractivity contribution in [2.24, 2.45) is 0 Å². The Labute approximate surface area is 92.2 Å². The van der Waals surface area contributed by atoms with E-state index >= 15 is 0 Å². The highest BCUT2D eigenvalue weighted by molar-refractivity contribution is 6.33. The van der Waals surface area contributed by atoms with Crippen LogP contribution >= 0.6 is 23.2 Å². The second-order valence-electron chi connectivity index (χ2n) is 3.32. The number of halogens is 2. The van der Waals surface area contributed by atoms with Gasteiger partial charge in [0.25, 0.3) is 0 Å². The number of carbonyl (C=O) groups excluding carboxylic acids is 1. The molecule has 0 spiro atoms. The summed E-state index contributed by atoms with van der Waals surface area (Å²) in [6.07, 6.45) is 1.35. The molecule has 0 unspecified atom stereocenters. The quantitative estimate of drug-likeness (QED) is 0.789. The number of nitrogens with one attached hydrogen (secondary N) is 1. The van der Waals surface area contributed by atoms with Gasteiger partial charge in [-0.15, -0.1) is 0 Å². The lowest BCUT2D eigenvalue weighted by atomic mass is 10.1. The van der Waals surface area contributed by atoms with Crippen LogP contribution in [0.2, 0.25) is 10.0 Å². The molecule has 1 heterocycles. The fraction of sp³-hybridized carbons (Fsp3) is 0.300. The number of hydrogen-bond acceptors (Lipinski definition) is 1. The van der Waals surface area contributed by atoms with Crippen molar-refractivity contribution in [2.45, 2.75) is 18.9 Å². The lowest BCUT2D eigenvalue weighted by Crippen LogP contribution is -2.18. The van der Waals surface area contributed by atoms with E-state index < -0.39 is 0 Å². The van der Waals surface area contributed by atoms with Crippen molar-refractivity contribution in [3.63, 3.8) is 0 Å². The van der Waals surface area contributed by atoms with E-state index in [4.69, 9.17) is 23.2 Å². The highest BCUT2D eigenvalue weighted by Crippen LogP contribution is 2.31. The van der Waals surface area contributed by atoms with Gasteiger partial charge in [0.2, 0.25) is 5.91 Å². The summed E-state index contributed by atoms with van der Waals surface area (Å²) in [6, 6.07) is 5.32. The van der Waals surface area contributed by atoms with Crippen LogP contribution in [0.5, 0.6) is 0 Å². The first-order valence-corrected chi connectivity index (χ1v) is 5.17. The normalized spacial score (nSPS) is 21.0. The number of hydrogen-bond donors (Lipinski definition) is 1. The smallest absolute Gasteiger partial charge is 0.220 e. The van der Waals surface area contributed by atoms with Crippen LogP contribution in [0.3, 0.4) is 0 Å². The standard InChI is InChI=1S/C10H9Cl2NO/c11-6-1-2-8(12)7(5-6)9-3-4-10(14)13-9/h1-2,5,9H,3-4H2,(H,13,14)/t9-/m0/s1. The van der Waals surface area contributed by atoms with Gasteiger partial charge in [-0.05, 0) is 30.2 Å². The van der Waals surface area contributed by atoms with Gasteiger partial charge in [0, 0.05) is 16.5 Å². The predicted molar refractivity (Wildman–Crippen MR) is 56.6 cm³/mol. The maximum atomic E-state index is 11.0. The van der Waals surface area contributed by atoms with Crippen molar-refractivity contribution in [3.8, 4) is 0 Å². The van der Waals surface area contributed by atoms with Gasteiger partial charge in [-0.1, -0.05) is 23.2 Å². The number of rotatable bonds is 1. The summed E-state index contributed by atoms with van der Waals surface area (Å²) < 4.78 is 0. The average molecular weight is 230 g/mol. The molecule has 0 aliphatic carbocycles. The first kappa shape index (κ1) is 9.81. The van der Waals surface area contributed by atoms with Crippen molar-refractivity contribution in [3.05, 3.63) is 33.8 Å². The molecule has 1 saturated heterocycles. The Morgan fingerprint density at radius 3 is 2.79 bits per heavy atom. The van der Waals surface area contributed by atoms with Crippen molar-refractivity contribution in [1.82, 2.24) is 5.32 Å². The molecule has 0 aromatic heterocycles. The second-order valence-corrected chi connectivity index (χ2v) is 4.17. The molecule has 0 saturated carbocycles. The second kappa shape index (κ2) is 3.79. The van der Waals surface area contributed by atoms with Crippen LogP contribution in [0.15, 0.2) is 18.2 Å². The van der Waals surface area contributed by atoms with E-state index in [-0.39, 0.29) is 11.9 Å². The number of amides is 1. The molecule has 14 heavy (non-hydrogen) atoms. The SMILES string of the molecule is O=C1CC[C@@H](c2cc(Cl)ccc2Cl)N1. The van der Waals surface area contributed by atoms with Gasteiger partial charge in [-0.25, -0.2) is 0 Å². The van der Waals surface area contributed by atoms with Crippen molar-refractivity contribution in [2.75, 3.05) is 0 Å². The fourth-order valence-electron chi connectivity index (χ4n) is 1.63. The third kappa shape index (κ3) is 1.86. The third-order valence-corrected chi connectivity index (χ3v) is 2.91. The average Bonchev–Trinajstić information content (AvgIpc) is 2.56. The first-order valence-electron chi connectivity index (χ1n) is 4.41. The summed E-state index contributed by atoms with van der Waals surface area (Å²) >= 11 is 11.9. The molecule has 1 N–H and O–H groups in total. The highest BCUT2D eigenvalue weighted by atomic mass is 35.5. The minimum absolute atomic E-state index is 0.0219. The van der Waals surface area contributed by atoms with E-state index in [1.807, 2.05) is 0 Å². The summed E-state index contributed by atoms with van der Waals surface area (Å²) in [5.41, 5.74) is 0.907. The van der Waals surface area contributed by atoms with Gasteiger partial charge in [0.1, 0.15) is 0 Å². The maximum absolute atomic E-state index is 11.0. The van der Waals surface area contributed by atoms with E-state index in [1.165, 1.54) is 0 Å². The molecule has 1 fully saturated rings. The molecule has 1 aliphatic rings. The maximum Gasteiger partial charge on any atom is 0.220 e. The van der Waals surface area contributed by atoms with Crippen LogP contribution < -0.4 is 5.32 Å². The molecule has 74 valence electrons. The van der Waals surface area contributed by atoms with Crippen LogP contribution in [-0.2, 0) is 4.79 Å². The Hall–Kier alpha value is -0.730. The molecular weight excluding hydrogens is 221 g/mol. The monoisotopic (exact) mass is 229 g/mol. The predicted octanol–water partition coefficient (Wildman–Crippen LogP) is 2.94. The molecule has 1 amide bonds. The van der Waals surface area contributed by atoms with Gasteiger partial charge < -0.3 is 5.32 Å². The zero-order chi connectivity index (χ0) is 10.1. The summed E-state index contributed by atoms with van der Waals surface area (Å²) in [5, 5.41) is 4.15. The molecular formula is C10H9Cl2NO. The van der Waals surface area contributed by atoms with E-state index in [9.17, 15) is 4.79 Å². The lowest BCUT2D eigenvalue weighted by Gasteiger charge is -2.12. The molecule has 2 rings (SSSR count). The molecule has 1 aliphatic heterocycles. The van der Waals surface area contributed by atoms with E-state index in [1.54, 1.807) is 18.2 Å². The van der Waals surface area contributed by atoms with Gasteiger partial charge in [-0.3, -0.25) is 4.79 Å². The summed E-state index contributed by atoms with van der Waals surface area (Å²) in [4.78, 5) is 11.0. The van der Waals surface area contributed by atoms with E-state index in [0.29, 0.717) is 16.5 Å². The third-order valence-electron chi connectivity index (χ3n) is 2.33. The molecule has 1 aromatic rings. The number of benzene rings is 1. The Bertz CT molecular complexity index is 378. The summed E-state index contributed by atoms with van der Waals surface area (Å²) in [5.74, 6) is 0.0750. The number of carbonyl (C=O) groups is 1. The van der Waals surface area contributed by atoms with Crippen molar-refractivity contribution < 1.29 is 4.79 Å². The van der Waals surface area contributed by atoms with Crippen LogP contribution in [0, 0.1) is 0 Å². The van der Waals surface area contributed by atoms with Crippen LogP contribution in [0.1, 0.15) is 24.4 Å². The van der Waals surface area contributed by atoms with Crippen LogP contribution in [-0.4, -0.2) is 5.91 Å². The highest BCUT2D eigenvalue weighted by Gasteiger charge is 2.24. The molecule has 1 aromatic carbocycles. The molecule has 0 radical (unpaired) electrons. The molecule has 0 bridgehead atoms. The molecule has 1 atom stereocenters. The Kier molecular flexibility index (Phi) is 2.66. The summed E-state index contributed by atoms with van der Waals surface area (Å²) in [6.45, 7) is 0. The zero-order valence-corrected chi connectivity index (χ0v) is 8.90. The molecule has 4 heteroatoms. The Morgan fingerprint density at radius 1 is 1.36 bits per heavy atom. The minimum atomic E-state index is 0.0219. The minimum Gasteiger partial charge on any atom is -0.349 e. The van der Waals surface area contributed by atoms with Crippen molar-refractivity contribution in [1.29, 1.82) is 0 Å². The Balaban J connectivity index is 2.31.